The zero-order chi connectivity index (χ0) is 16.1. The van der Waals surface area contributed by atoms with E-state index in [0.717, 1.165) is 10.0 Å². The van der Waals surface area contributed by atoms with Crippen LogP contribution in [-0.4, -0.2) is 11.0 Å². The first-order valence-corrected chi connectivity index (χ1v) is 7.33. The number of carbonyl (C=O) groups excluding carboxylic acids is 1. The lowest BCUT2D eigenvalue weighted by Gasteiger charge is -2.16. The predicted octanol–water partition coefficient (Wildman–Crippen LogP) is 4.24. The monoisotopic (exact) mass is 363 g/mol. The number of rotatable bonds is 4. The van der Waals surface area contributed by atoms with Crippen molar-refractivity contribution in [3.8, 4) is 0 Å². The van der Waals surface area contributed by atoms with E-state index in [9.17, 15) is 14.9 Å². The topological polar surface area (TPSA) is 84.3 Å². The van der Waals surface area contributed by atoms with Crippen molar-refractivity contribution in [1.82, 2.24) is 5.32 Å². The van der Waals surface area contributed by atoms with Gasteiger partial charge < -0.3 is 10.6 Å². The average Bonchev–Trinajstić information content (AvgIpc) is 2.48. The molecule has 0 aliphatic carbocycles. The molecular weight excluding hydrogens is 350 g/mol. The molecule has 0 bridgehead atoms. The molecule has 7 heteroatoms. The number of benzene rings is 2. The lowest BCUT2D eigenvalue weighted by atomic mass is 10.1. The van der Waals surface area contributed by atoms with Crippen LogP contribution < -0.4 is 10.6 Å². The van der Waals surface area contributed by atoms with Crippen LogP contribution in [0.3, 0.4) is 0 Å². The van der Waals surface area contributed by atoms with Crippen LogP contribution in [0, 0.1) is 10.1 Å². The first-order valence-electron chi connectivity index (χ1n) is 6.54. The molecule has 2 amide bonds. The van der Waals surface area contributed by atoms with Crippen LogP contribution in [0.1, 0.15) is 18.5 Å². The van der Waals surface area contributed by atoms with Crippen molar-refractivity contribution < 1.29 is 9.72 Å². The Labute approximate surface area is 135 Å². The van der Waals surface area contributed by atoms with E-state index in [1.54, 1.807) is 0 Å². The van der Waals surface area contributed by atoms with Gasteiger partial charge in [0, 0.05) is 22.3 Å². The second-order valence-corrected chi connectivity index (χ2v) is 5.50. The number of nitrogens with zero attached hydrogens (tertiary/aromatic N) is 1. The molecular formula is C15H14BrN3O3. The maximum absolute atomic E-state index is 12.0. The summed E-state index contributed by atoms with van der Waals surface area (Å²) in [7, 11) is 0. The van der Waals surface area contributed by atoms with E-state index in [1.807, 2.05) is 31.2 Å². The minimum absolute atomic E-state index is 0.0208. The van der Waals surface area contributed by atoms with Crippen LogP contribution in [0.5, 0.6) is 0 Å². The summed E-state index contributed by atoms with van der Waals surface area (Å²) < 4.78 is 0.915. The summed E-state index contributed by atoms with van der Waals surface area (Å²) in [5.41, 5.74) is 1.43. The molecule has 6 nitrogen and oxygen atoms in total. The summed E-state index contributed by atoms with van der Waals surface area (Å²) in [6.45, 7) is 1.87. The molecule has 0 aliphatic rings. The highest BCUT2D eigenvalue weighted by atomic mass is 79.9. The molecule has 0 radical (unpaired) electrons. The smallest absolute Gasteiger partial charge is 0.319 e. The van der Waals surface area contributed by atoms with Crippen molar-refractivity contribution in [2.75, 3.05) is 5.32 Å². The molecule has 22 heavy (non-hydrogen) atoms. The van der Waals surface area contributed by atoms with Crippen molar-refractivity contribution in [2.45, 2.75) is 13.0 Å². The maximum Gasteiger partial charge on any atom is 0.319 e. The fourth-order valence-corrected chi connectivity index (χ4v) is 2.56. The van der Waals surface area contributed by atoms with Gasteiger partial charge in [0.25, 0.3) is 5.69 Å². The summed E-state index contributed by atoms with van der Waals surface area (Å²) in [6.07, 6.45) is 0. The van der Waals surface area contributed by atoms with Gasteiger partial charge in [-0.15, -0.1) is 0 Å². The van der Waals surface area contributed by atoms with E-state index >= 15 is 0 Å². The van der Waals surface area contributed by atoms with Crippen LogP contribution in [0.2, 0.25) is 0 Å². The molecule has 114 valence electrons. The number of anilines is 1. The highest BCUT2D eigenvalue weighted by Crippen LogP contribution is 2.23. The van der Waals surface area contributed by atoms with E-state index in [-0.39, 0.29) is 17.8 Å². The molecule has 0 aromatic heterocycles. The second-order valence-electron chi connectivity index (χ2n) is 4.65. The largest absolute Gasteiger partial charge is 0.331 e. The van der Waals surface area contributed by atoms with Crippen LogP contribution in [0.25, 0.3) is 0 Å². The Morgan fingerprint density at radius 2 is 1.82 bits per heavy atom. The quantitative estimate of drug-likeness (QED) is 0.629. The van der Waals surface area contributed by atoms with E-state index in [2.05, 4.69) is 26.6 Å². The average molecular weight is 364 g/mol. The van der Waals surface area contributed by atoms with Gasteiger partial charge in [-0.2, -0.15) is 0 Å². The molecule has 2 aromatic rings. The van der Waals surface area contributed by atoms with E-state index in [1.165, 1.54) is 24.3 Å². The number of non-ortho nitro benzene ring substituents is 1. The van der Waals surface area contributed by atoms with Gasteiger partial charge in [-0.05, 0) is 30.7 Å². The number of carbonyl (C=O) groups is 1. The van der Waals surface area contributed by atoms with E-state index in [4.69, 9.17) is 0 Å². The number of urea groups is 1. The third-order valence-electron chi connectivity index (χ3n) is 3.06. The van der Waals surface area contributed by atoms with E-state index in [0.29, 0.717) is 5.69 Å². The minimum Gasteiger partial charge on any atom is -0.331 e. The number of hydrogen-bond donors (Lipinski definition) is 2. The molecule has 0 aliphatic heterocycles. The third kappa shape index (κ3) is 4.05. The molecule has 1 unspecified atom stereocenters. The molecule has 0 heterocycles. The molecule has 2 rings (SSSR count). The Morgan fingerprint density at radius 1 is 1.18 bits per heavy atom. The van der Waals surface area contributed by atoms with Gasteiger partial charge in [-0.3, -0.25) is 10.1 Å². The fourth-order valence-electron chi connectivity index (χ4n) is 1.93. The lowest BCUT2D eigenvalue weighted by Crippen LogP contribution is -2.31. The SMILES string of the molecule is CC(NC(=O)Nc1ccc([N+](=O)[O-])cc1)c1ccccc1Br. The summed E-state index contributed by atoms with van der Waals surface area (Å²) in [4.78, 5) is 22.0. The van der Waals surface area contributed by atoms with Gasteiger partial charge >= 0.3 is 6.03 Å². The van der Waals surface area contributed by atoms with Gasteiger partial charge in [0.15, 0.2) is 0 Å². The lowest BCUT2D eigenvalue weighted by molar-refractivity contribution is -0.384. The fraction of sp³-hybridized carbons (Fsp3) is 0.133. The third-order valence-corrected chi connectivity index (χ3v) is 3.78. The molecule has 1 atom stereocenters. The molecule has 0 fully saturated rings. The van der Waals surface area contributed by atoms with Crippen LogP contribution in [0.4, 0.5) is 16.2 Å². The van der Waals surface area contributed by atoms with E-state index < -0.39 is 4.92 Å². The van der Waals surface area contributed by atoms with Gasteiger partial charge in [0.2, 0.25) is 0 Å². The number of nitrogens with one attached hydrogen (secondary N) is 2. The maximum atomic E-state index is 12.0. The van der Waals surface area contributed by atoms with Crippen molar-refractivity contribution in [3.63, 3.8) is 0 Å². The molecule has 0 saturated carbocycles. The van der Waals surface area contributed by atoms with Gasteiger partial charge in [-0.25, -0.2) is 4.79 Å². The minimum atomic E-state index is -0.487. The first-order chi connectivity index (χ1) is 10.5. The first kappa shape index (κ1) is 16.0. The Kier molecular flexibility index (Phi) is 5.11. The number of amides is 2. The molecule has 2 N–H and O–H groups in total. The van der Waals surface area contributed by atoms with Crippen molar-refractivity contribution in [1.29, 1.82) is 0 Å². The van der Waals surface area contributed by atoms with Gasteiger partial charge in [0.05, 0.1) is 11.0 Å². The zero-order valence-corrected chi connectivity index (χ0v) is 13.3. The van der Waals surface area contributed by atoms with Crippen molar-refractivity contribution in [3.05, 3.63) is 68.7 Å². The number of hydrogen-bond acceptors (Lipinski definition) is 3. The highest BCUT2D eigenvalue weighted by Gasteiger charge is 2.12. The molecule has 0 saturated heterocycles. The number of nitro benzene ring substituents is 1. The normalized spacial score (nSPS) is 11.5. The van der Waals surface area contributed by atoms with Crippen molar-refractivity contribution in [2.24, 2.45) is 0 Å². The molecule has 2 aromatic carbocycles. The summed E-state index contributed by atoms with van der Waals surface area (Å²) in [6, 6.07) is 12.7. The Morgan fingerprint density at radius 3 is 2.41 bits per heavy atom. The van der Waals surface area contributed by atoms with Crippen LogP contribution >= 0.6 is 15.9 Å². The summed E-state index contributed by atoms with van der Waals surface area (Å²) >= 11 is 3.44. The number of nitro groups is 1. The van der Waals surface area contributed by atoms with Crippen molar-refractivity contribution >= 4 is 33.3 Å². The predicted molar refractivity (Wildman–Crippen MR) is 87.8 cm³/mol. The second kappa shape index (κ2) is 7.04. The Balaban J connectivity index is 1.98. The zero-order valence-electron chi connectivity index (χ0n) is 11.7. The van der Waals surface area contributed by atoms with Gasteiger partial charge in [-0.1, -0.05) is 34.1 Å². The summed E-state index contributed by atoms with van der Waals surface area (Å²) in [5.74, 6) is 0. The molecule has 0 spiro atoms. The standard InChI is InChI=1S/C15H14BrN3O3/c1-10(13-4-2-3-5-14(13)16)17-15(20)18-11-6-8-12(9-7-11)19(21)22/h2-10H,1H3,(H2,17,18,20). The Hall–Kier alpha value is -2.41. The Bertz CT molecular complexity index is 689. The number of halogens is 1. The van der Waals surface area contributed by atoms with Crippen LogP contribution in [0.15, 0.2) is 53.0 Å². The van der Waals surface area contributed by atoms with Gasteiger partial charge in [0.1, 0.15) is 0 Å². The van der Waals surface area contributed by atoms with Crippen LogP contribution in [-0.2, 0) is 0 Å². The highest BCUT2D eigenvalue weighted by molar-refractivity contribution is 9.10. The summed E-state index contributed by atoms with van der Waals surface area (Å²) in [5, 5.41) is 16.0.